The number of benzene rings is 2. The van der Waals surface area contributed by atoms with Crippen LogP contribution in [0.5, 0.6) is 5.75 Å². The van der Waals surface area contributed by atoms with E-state index in [2.05, 4.69) is 66.2 Å². The fourth-order valence-corrected chi connectivity index (χ4v) is 5.37. The number of hydrogen-bond acceptors (Lipinski definition) is 3. The Hall–Kier alpha value is -2.82. The van der Waals surface area contributed by atoms with Gasteiger partial charge in [0, 0.05) is 25.4 Å². The smallest absolute Gasteiger partial charge is 0.223 e. The number of nitrogens with one attached hydrogen (secondary N) is 1. The summed E-state index contributed by atoms with van der Waals surface area (Å²) in [4.78, 5) is 17.3. The van der Waals surface area contributed by atoms with Gasteiger partial charge in [-0.15, -0.1) is 0 Å². The summed E-state index contributed by atoms with van der Waals surface area (Å²) < 4.78 is 8.54. The molecule has 1 saturated carbocycles. The van der Waals surface area contributed by atoms with Crippen molar-refractivity contribution in [2.75, 3.05) is 13.2 Å². The summed E-state index contributed by atoms with van der Waals surface area (Å²) in [5.74, 6) is 3.13. The molecule has 3 aromatic rings. The second-order valence-electron chi connectivity index (χ2n) is 10.5. The molecule has 1 amide bonds. The van der Waals surface area contributed by atoms with Crippen molar-refractivity contribution in [3.63, 3.8) is 0 Å². The number of para-hydroxylation sites is 3. The molecule has 0 atom stereocenters. The topological polar surface area (TPSA) is 56.1 Å². The molecule has 1 aliphatic rings. The number of amides is 1. The van der Waals surface area contributed by atoms with Crippen LogP contribution in [-0.2, 0) is 17.8 Å². The van der Waals surface area contributed by atoms with Crippen LogP contribution in [0.25, 0.3) is 11.0 Å². The van der Waals surface area contributed by atoms with E-state index in [1.165, 1.54) is 30.3 Å². The molecule has 0 spiro atoms. The van der Waals surface area contributed by atoms with Crippen molar-refractivity contribution < 1.29 is 9.53 Å². The Morgan fingerprint density at radius 3 is 2.61 bits per heavy atom. The Balaban J connectivity index is 1.24. The molecule has 2 aromatic carbocycles. The Labute approximate surface area is 216 Å². The second kappa shape index (κ2) is 13.5. The van der Waals surface area contributed by atoms with E-state index in [4.69, 9.17) is 9.72 Å². The van der Waals surface area contributed by atoms with E-state index in [0.29, 0.717) is 12.5 Å². The highest BCUT2D eigenvalue weighted by atomic mass is 16.5. The van der Waals surface area contributed by atoms with Crippen LogP contribution in [-0.4, -0.2) is 28.6 Å². The fourth-order valence-electron chi connectivity index (χ4n) is 5.37. The molecule has 0 aliphatic heterocycles. The molecule has 5 heteroatoms. The van der Waals surface area contributed by atoms with Crippen LogP contribution >= 0.6 is 0 Å². The summed E-state index contributed by atoms with van der Waals surface area (Å²) in [5, 5.41) is 3.17. The van der Waals surface area contributed by atoms with Gasteiger partial charge in [-0.25, -0.2) is 4.98 Å². The molecule has 1 heterocycles. The molecule has 1 fully saturated rings. The average Bonchev–Trinajstić information content (AvgIpc) is 3.26. The third kappa shape index (κ3) is 7.11. The molecule has 194 valence electrons. The zero-order chi connectivity index (χ0) is 25.2. The molecule has 0 unspecified atom stereocenters. The number of carbonyl (C=O) groups excluding carboxylic acids is 1. The lowest BCUT2D eigenvalue weighted by Gasteiger charge is -2.20. The number of fused-ring (bicyclic) bond motifs is 1. The molecule has 0 radical (unpaired) electrons. The zero-order valence-corrected chi connectivity index (χ0v) is 22.2. The fraction of sp³-hybridized carbons (Fsp3) is 0.548. The van der Waals surface area contributed by atoms with Crippen LogP contribution in [0.4, 0.5) is 0 Å². The van der Waals surface area contributed by atoms with Crippen LogP contribution in [0.3, 0.4) is 0 Å². The molecule has 4 rings (SSSR count). The number of ether oxygens (including phenoxy) is 1. The van der Waals surface area contributed by atoms with Gasteiger partial charge in [-0.05, 0) is 61.8 Å². The molecule has 1 aromatic heterocycles. The lowest BCUT2D eigenvalue weighted by molar-refractivity contribution is -0.125. The van der Waals surface area contributed by atoms with E-state index in [1.54, 1.807) is 0 Å². The highest BCUT2D eigenvalue weighted by Gasteiger charge is 2.20. The van der Waals surface area contributed by atoms with Crippen molar-refractivity contribution in [1.82, 2.24) is 14.9 Å². The lowest BCUT2D eigenvalue weighted by Crippen LogP contribution is -2.32. The van der Waals surface area contributed by atoms with Crippen molar-refractivity contribution in [2.24, 2.45) is 5.92 Å². The van der Waals surface area contributed by atoms with Crippen molar-refractivity contribution in [1.29, 1.82) is 0 Å². The van der Waals surface area contributed by atoms with E-state index >= 15 is 0 Å². The number of imidazole rings is 1. The lowest BCUT2D eigenvalue weighted by atomic mass is 9.89. The number of aryl methyl sites for hydroxylation is 2. The SMILES string of the molecule is CC(C)c1ccccc1OCCCn1c(CCCCCNC(=O)C2CCCCC2)nc2ccccc21. The number of carbonyl (C=O) groups is 1. The number of unbranched alkanes of at least 4 members (excludes halogenated alkanes) is 2. The minimum absolute atomic E-state index is 0.251. The number of rotatable bonds is 13. The van der Waals surface area contributed by atoms with Gasteiger partial charge in [0.1, 0.15) is 11.6 Å². The highest BCUT2D eigenvalue weighted by Crippen LogP contribution is 2.26. The van der Waals surface area contributed by atoms with E-state index in [9.17, 15) is 4.79 Å². The predicted molar refractivity (Wildman–Crippen MR) is 148 cm³/mol. The second-order valence-corrected chi connectivity index (χ2v) is 10.5. The summed E-state index contributed by atoms with van der Waals surface area (Å²) >= 11 is 0. The molecule has 0 saturated heterocycles. The third-order valence-corrected chi connectivity index (χ3v) is 7.41. The van der Waals surface area contributed by atoms with Crippen LogP contribution in [0.15, 0.2) is 48.5 Å². The Bertz CT molecular complexity index is 1100. The molecular weight excluding hydrogens is 446 g/mol. The summed E-state index contributed by atoms with van der Waals surface area (Å²) in [7, 11) is 0. The van der Waals surface area contributed by atoms with Gasteiger partial charge in [0.05, 0.1) is 17.6 Å². The first-order valence-corrected chi connectivity index (χ1v) is 14.1. The van der Waals surface area contributed by atoms with Gasteiger partial charge in [-0.1, -0.05) is 69.9 Å². The third-order valence-electron chi connectivity index (χ3n) is 7.41. The molecule has 5 nitrogen and oxygen atoms in total. The summed E-state index contributed by atoms with van der Waals surface area (Å²) in [5.41, 5.74) is 3.54. The molecule has 36 heavy (non-hydrogen) atoms. The monoisotopic (exact) mass is 489 g/mol. The van der Waals surface area contributed by atoms with Gasteiger partial charge in [0.25, 0.3) is 0 Å². The summed E-state index contributed by atoms with van der Waals surface area (Å²) in [6.07, 6.45) is 10.9. The minimum atomic E-state index is 0.251. The van der Waals surface area contributed by atoms with E-state index in [0.717, 1.165) is 75.1 Å². The maximum absolute atomic E-state index is 12.3. The number of hydrogen-bond donors (Lipinski definition) is 1. The van der Waals surface area contributed by atoms with Gasteiger partial charge >= 0.3 is 0 Å². The van der Waals surface area contributed by atoms with Crippen LogP contribution in [0, 0.1) is 5.92 Å². The van der Waals surface area contributed by atoms with Gasteiger partial charge < -0.3 is 14.6 Å². The largest absolute Gasteiger partial charge is 0.493 e. The number of nitrogens with zero attached hydrogens (tertiary/aromatic N) is 2. The summed E-state index contributed by atoms with van der Waals surface area (Å²) in [6, 6.07) is 16.8. The zero-order valence-electron chi connectivity index (χ0n) is 22.2. The van der Waals surface area contributed by atoms with Crippen molar-refractivity contribution >= 4 is 16.9 Å². The molecular formula is C31H43N3O2. The van der Waals surface area contributed by atoms with Crippen molar-refractivity contribution in [2.45, 2.75) is 90.5 Å². The van der Waals surface area contributed by atoms with Crippen molar-refractivity contribution in [3.8, 4) is 5.75 Å². The molecule has 1 N–H and O–H groups in total. The average molecular weight is 490 g/mol. The molecule has 0 bridgehead atoms. The highest BCUT2D eigenvalue weighted by molar-refractivity contribution is 5.78. The maximum atomic E-state index is 12.3. The van der Waals surface area contributed by atoms with Gasteiger partial charge in [0.15, 0.2) is 0 Å². The van der Waals surface area contributed by atoms with Gasteiger partial charge in [-0.3, -0.25) is 4.79 Å². The van der Waals surface area contributed by atoms with Gasteiger partial charge in [0.2, 0.25) is 5.91 Å². The van der Waals surface area contributed by atoms with E-state index in [1.807, 2.05) is 6.07 Å². The van der Waals surface area contributed by atoms with E-state index < -0.39 is 0 Å². The first-order chi connectivity index (χ1) is 17.6. The minimum Gasteiger partial charge on any atom is -0.493 e. The number of aromatic nitrogens is 2. The van der Waals surface area contributed by atoms with Crippen molar-refractivity contribution in [3.05, 3.63) is 59.9 Å². The first-order valence-electron chi connectivity index (χ1n) is 14.1. The Morgan fingerprint density at radius 1 is 1.00 bits per heavy atom. The first kappa shape index (κ1) is 26.2. The Kier molecular flexibility index (Phi) is 9.83. The normalized spacial score (nSPS) is 14.4. The standard InChI is InChI=1S/C31H43N3O2/c1-24(2)26-16-8-11-19-29(26)36-23-13-22-34-28-18-10-9-17-27(28)33-30(34)20-7-4-12-21-32-31(35)25-14-5-3-6-15-25/h8-11,16-19,24-25H,3-7,12-15,20-23H2,1-2H3,(H,32,35). The molecule has 1 aliphatic carbocycles. The van der Waals surface area contributed by atoms with Crippen LogP contribution < -0.4 is 10.1 Å². The van der Waals surface area contributed by atoms with E-state index in [-0.39, 0.29) is 11.8 Å². The van der Waals surface area contributed by atoms with Crippen LogP contribution in [0.1, 0.15) is 88.9 Å². The van der Waals surface area contributed by atoms with Gasteiger partial charge in [-0.2, -0.15) is 0 Å². The quantitative estimate of drug-likeness (QED) is 0.262. The maximum Gasteiger partial charge on any atom is 0.223 e. The predicted octanol–water partition coefficient (Wildman–Crippen LogP) is 7.04. The summed E-state index contributed by atoms with van der Waals surface area (Å²) in [6.45, 7) is 6.79. The van der Waals surface area contributed by atoms with Crippen LogP contribution in [0.2, 0.25) is 0 Å². The Morgan fingerprint density at radius 2 is 1.78 bits per heavy atom.